The van der Waals surface area contributed by atoms with E-state index in [2.05, 4.69) is 26.3 Å². The van der Waals surface area contributed by atoms with Crippen molar-refractivity contribution in [2.75, 3.05) is 25.0 Å². The molecule has 1 rings (SSSR count). The number of anilines is 1. The van der Waals surface area contributed by atoms with Crippen LogP contribution >= 0.6 is 0 Å². The largest absolute Gasteiger partial charge is 0.468 e. The minimum atomic E-state index is -4.42. The van der Waals surface area contributed by atoms with Gasteiger partial charge in [-0.05, 0) is 6.07 Å². The number of carbonyl (C=O) groups excluding carboxylic acids is 1. The Labute approximate surface area is 113 Å². The molecule has 1 heterocycles. The molecular formula is C12H12F3N3O2. The van der Waals surface area contributed by atoms with Crippen LogP contribution in [0.2, 0.25) is 0 Å². The van der Waals surface area contributed by atoms with E-state index in [9.17, 15) is 18.0 Å². The third kappa shape index (κ3) is 6.61. The van der Waals surface area contributed by atoms with Crippen molar-refractivity contribution in [2.45, 2.75) is 6.18 Å². The highest BCUT2D eigenvalue weighted by atomic mass is 19.4. The molecule has 108 valence electrons. The predicted octanol–water partition coefficient (Wildman–Crippen LogP) is 1.18. The van der Waals surface area contributed by atoms with E-state index in [0.717, 1.165) is 0 Å². The second-order valence-corrected chi connectivity index (χ2v) is 3.64. The maximum absolute atomic E-state index is 11.9. The van der Waals surface area contributed by atoms with Crippen LogP contribution in [0, 0.1) is 12.3 Å². The van der Waals surface area contributed by atoms with Crippen LogP contribution in [0.25, 0.3) is 0 Å². The van der Waals surface area contributed by atoms with Gasteiger partial charge in [0.2, 0.25) is 11.8 Å². The molecule has 1 amide bonds. The van der Waals surface area contributed by atoms with Crippen molar-refractivity contribution in [3.63, 3.8) is 0 Å². The maximum atomic E-state index is 11.9. The molecular weight excluding hydrogens is 275 g/mol. The molecule has 0 atom stereocenters. The lowest BCUT2D eigenvalue weighted by Crippen LogP contribution is -2.28. The topological polar surface area (TPSA) is 63.2 Å². The number of hydrogen-bond donors (Lipinski definition) is 2. The quantitative estimate of drug-likeness (QED) is 0.609. The van der Waals surface area contributed by atoms with Crippen LogP contribution < -0.4 is 15.4 Å². The number of carbonyl (C=O) groups is 1. The average Bonchev–Trinajstić information content (AvgIpc) is 2.37. The molecule has 0 fully saturated rings. The number of aromatic nitrogens is 1. The number of ether oxygens (including phenoxy) is 1. The van der Waals surface area contributed by atoms with Gasteiger partial charge in [-0.25, -0.2) is 4.98 Å². The van der Waals surface area contributed by atoms with Gasteiger partial charge in [-0.3, -0.25) is 10.1 Å². The smallest absolute Gasteiger partial charge is 0.422 e. The Bertz CT molecular complexity index is 480. The Morgan fingerprint density at radius 2 is 2.20 bits per heavy atom. The van der Waals surface area contributed by atoms with E-state index in [-0.39, 0.29) is 24.9 Å². The highest BCUT2D eigenvalue weighted by molar-refractivity contribution is 5.92. The molecule has 1 aromatic heterocycles. The minimum Gasteiger partial charge on any atom is -0.468 e. The van der Waals surface area contributed by atoms with Crippen LogP contribution in [0.3, 0.4) is 0 Å². The minimum absolute atomic E-state index is 0.0243. The van der Waals surface area contributed by atoms with Crippen LogP contribution in [0.5, 0.6) is 5.88 Å². The van der Waals surface area contributed by atoms with Gasteiger partial charge in [0.15, 0.2) is 6.61 Å². The van der Waals surface area contributed by atoms with E-state index in [0.29, 0.717) is 5.69 Å². The molecule has 20 heavy (non-hydrogen) atoms. The zero-order chi connectivity index (χ0) is 15.0. The molecule has 8 heteroatoms. The van der Waals surface area contributed by atoms with Gasteiger partial charge in [-0.1, -0.05) is 5.92 Å². The number of pyridine rings is 1. The predicted molar refractivity (Wildman–Crippen MR) is 66.1 cm³/mol. The summed E-state index contributed by atoms with van der Waals surface area (Å²) in [5.74, 6) is 1.79. The average molecular weight is 287 g/mol. The Morgan fingerprint density at radius 1 is 1.45 bits per heavy atom. The van der Waals surface area contributed by atoms with E-state index >= 15 is 0 Å². The summed E-state index contributed by atoms with van der Waals surface area (Å²) in [6, 6.07) is 2.62. The third-order valence-electron chi connectivity index (χ3n) is 1.92. The van der Waals surface area contributed by atoms with E-state index in [1.807, 2.05) is 0 Å². The van der Waals surface area contributed by atoms with E-state index in [4.69, 9.17) is 6.42 Å². The maximum Gasteiger partial charge on any atom is 0.422 e. The Morgan fingerprint density at radius 3 is 2.75 bits per heavy atom. The van der Waals surface area contributed by atoms with Gasteiger partial charge in [0.05, 0.1) is 25.0 Å². The molecule has 0 aliphatic rings. The molecule has 0 saturated heterocycles. The molecule has 0 unspecified atom stereocenters. The van der Waals surface area contributed by atoms with Crippen molar-refractivity contribution in [1.29, 1.82) is 0 Å². The molecule has 0 radical (unpaired) electrons. The molecule has 0 spiro atoms. The lowest BCUT2D eigenvalue weighted by atomic mass is 10.4. The lowest BCUT2D eigenvalue weighted by Gasteiger charge is -2.09. The first kappa shape index (κ1) is 15.8. The fourth-order valence-electron chi connectivity index (χ4n) is 1.15. The Balaban J connectivity index is 2.42. The number of halogens is 3. The van der Waals surface area contributed by atoms with Crippen molar-refractivity contribution in [1.82, 2.24) is 10.3 Å². The number of nitrogens with one attached hydrogen (secondary N) is 2. The van der Waals surface area contributed by atoms with Crippen LogP contribution in [0.4, 0.5) is 18.9 Å². The van der Waals surface area contributed by atoms with Crippen LogP contribution in [0.15, 0.2) is 18.3 Å². The summed E-state index contributed by atoms with van der Waals surface area (Å²) in [5.41, 5.74) is 0.344. The fourth-order valence-corrected chi connectivity index (χ4v) is 1.15. The number of alkyl halides is 3. The summed E-state index contributed by atoms with van der Waals surface area (Å²) in [4.78, 5) is 15.0. The Kier molecular flexibility index (Phi) is 5.80. The zero-order valence-corrected chi connectivity index (χ0v) is 10.3. The zero-order valence-electron chi connectivity index (χ0n) is 10.3. The molecule has 0 aliphatic carbocycles. The van der Waals surface area contributed by atoms with Crippen molar-refractivity contribution in [3.05, 3.63) is 18.3 Å². The summed E-state index contributed by atoms with van der Waals surface area (Å²) in [7, 11) is 0. The van der Waals surface area contributed by atoms with Gasteiger partial charge >= 0.3 is 6.18 Å². The first-order valence-corrected chi connectivity index (χ1v) is 5.50. The molecule has 2 N–H and O–H groups in total. The Hall–Kier alpha value is -2.27. The molecule has 0 bridgehead atoms. The SMILES string of the molecule is C#CCNCC(=O)Nc1ccc(OCC(F)(F)F)nc1. The number of terminal acetylenes is 1. The number of rotatable bonds is 6. The van der Waals surface area contributed by atoms with E-state index in [1.165, 1.54) is 18.3 Å². The van der Waals surface area contributed by atoms with Crippen molar-refractivity contribution >= 4 is 11.6 Å². The van der Waals surface area contributed by atoms with E-state index in [1.54, 1.807) is 0 Å². The van der Waals surface area contributed by atoms with Crippen LogP contribution in [-0.4, -0.2) is 36.8 Å². The summed E-state index contributed by atoms with van der Waals surface area (Å²) in [6.07, 6.45) is 1.77. The molecule has 5 nitrogen and oxygen atoms in total. The second-order valence-electron chi connectivity index (χ2n) is 3.64. The highest BCUT2D eigenvalue weighted by Gasteiger charge is 2.28. The lowest BCUT2D eigenvalue weighted by molar-refractivity contribution is -0.154. The number of hydrogen-bond acceptors (Lipinski definition) is 4. The second kappa shape index (κ2) is 7.35. The van der Waals surface area contributed by atoms with Gasteiger partial charge in [-0.2, -0.15) is 13.2 Å². The monoisotopic (exact) mass is 287 g/mol. The summed E-state index contributed by atoms with van der Waals surface area (Å²) >= 11 is 0. The van der Waals surface area contributed by atoms with Gasteiger partial charge in [0.25, 0.3) is 0 Å². The highest BCUT2D eigenvalue weighted by Crippen LogP contribution is 2.17. The summed E-state index contributed by atoms with van der Waals surface area (Å²) < 4.78 is 40.2. The van der Waals surface area contributed by atoms with Crippen LogP contribution in [-0.2, 0) is 4.79 Å². The summed E-state index contributed by atoms with van der Waals surface area (Å²) in [5, 5.41) is 5.18. The van der Waals surface area contributed by atoms with Gasteiger partial charge in [-0.15, -0.1) is 6.42 Å². The molecule has 0 saturated carbocycles. The molecule has 0 aliphatic heterocycles. The van der Waals surface area contributed by atoms with Gasteiger partial charge in [0, 0.05) is 6.07 Å². The first-order chi connectivity index (χ1) is 9.40. The molecule has 0 aromatic carbocycles. The van der Waals surface area contributed by atoms with Crippen molar-refractivity contribution in [3.8, 4) is 18.2 Å². The third-order valence-corrected chi connectivity index (χ3v) is 1.92. The first-order valence-electron chi connectivity index (χ1n) is 5.50. The van der Waals surface area contributed by atoms with Gasteiger partial charge < -0.3 is 10.1 Å². The van der Waals surface area contributed by atoms with Crippen molar-refractivity contribution < 1.29 is 22.7 Å². The standard InChI is InChI=1S/C12H12F3N3O2/c1-2-5-16-7-10(19)18-9-3-4-11(17-6-9)20-8-12(13,14)15/h1,3-4,6,16H,5,7-8H2,(H,18,19). The number of amides is 1. The van der Waals surface area contributed by atoms with Crippen LogP contribution in [0.1, 0.15) is 0 Å². The van der Waals surface area contributed by atoms with Gasteiger partial charge in [0.1, 0.15) is 0 Å². The fraction of sp³-hybridized carbons (Fsp3) is 0.333. The molecule has 1 aromatic rings. The normalized spacial score (nSPS) is 10.7. The summed E-state index contributed by atoms with van der Waals surface area (Å²) in [6.45, 7) is -1.13. The van der Waals surface area contributed by atoms with E-state index < -0.39 is 12.8 Å². The number of nitrogens with zero attached hydrogens (tertiary/aromatic N) is 1. The van der Waals surface area contributed by atoms with Crippen molar-refractivity contribution in [2.24, 2.45) is 0 Å².